The number of hydrogen-bond acceptors (Lipinski definition) is 5. The fourth-order valence-electron chi connectivity index (χ4n) is 7.80. The summed E-state index contributed by atoms with van der Waals surface area (Å²) in [4.78, 5) is 23.6. The fraction of sp³-hybridized carbons (Fsp3) is 0.875. The molecule has 4 saturated carbocycles. The molecule has 3 N–H and O–H groups in total. The highest BCUT2D eigenvalue weighted by Gasteiger charge is 2.63. The van der Waals surface area contributed by atoms with E-state index in [1.54, 1.807) is 11.8 Å². The van der Waals surface area contributed by atoms with E-state index in [-0.39, 0.29) is 29.6 Å². The van der Waals surface area contributed by atoms with Crippen LogP contribution in [0.3, 0.4) is 0 Å². The number of carbonyl (C=O) groups is 2. The second-order valence-corrected chi connectivity index (χ2v) is 12.3. The molecule has 0 aliphatic heterocycles. The number of aliphatic hydroxyl groups excluding tert-OH is 1. The molecule has 0 aromatic carbocycles. The number of Topliss-reactive ketones (excluding diaryl/α,β-unsaturated/α-hetero) is 1. The van der Waals surface area contributed by atoms with Crippen molar-refractivity contribution >= 4 is 29.7 Å². The Bertz CT molecular complexity index is 793. The number of fused-ring (bicyclic) bond motifs is 5. The monoisotopic (exact) mass is 488 g/mol. The van der Waals surface area contributed by atoms with Crippen LogP contribution in [0.15, 0.2) is 0 Å². The molecule has 186 valence electrons. The van der Waals surface area contributed by atoms with Crippen molar-refractivity contribution < 1.29 is 27.9 Å². The van der Waals surface area contributed by atoms with Gasteiger partial charge < -0.3 is 15.8 Å². The van der Waals surface area contributed by atoms with Gasteiger partial charge in [-0.05, 0) is 86.2 Å². The van der Waals surface area contributed by atoms with Crippen LogP contribution in [-0.2, 0) is 9.59 Å². The van der Waals surface area contributed by atoms with Gasteiger partial charge in [-0.25, -0.2) is 0 Å². The zero-order valence-electron chi connectivity index (χ0n) is 19.1. The van der Waals surface area contributed by atoms with E-state index >= 15 is 0 Å². The molecular formula is C24H35F3N2O3S. The molecule has 4 rings (SSSR count). The van der Waals surface area contributed by atoms with Crippen molar-refractivity contribution in [1.82, 2.24) is 5.32 Å². The molecule has 9 heteroatoms. The average molecular weight is 489 g/mol. The standard InChI is InChI=1S/C24H35F3N2O3S/c1-22-7-5-14(33-10-2-9-29-21(32)24(25,26)27)11-18(22)19(30)12-15-16(22)6-8-23(13-28)17(15)3-4-20(23)31/h13-19,28,30H,2-12H2,1H3,(H,29,32)/t14-,15+,16-,17-,18?,19?,22+,23+/m0/s1. The lowest BCUT2D eigenvalue weighted by molar-refractivity contribution is -0.173. The topological polar surface area (TPSA) is 90.2 Å². The zero-order chi connectivity index (χ0) is 24.0. The Kier molecular flexibility index (Phi) is 6.95. The molecule has 5 nitrogen and oxygen atoms in total. The molecule has 33 heavy (non-hydrogen) atoms. The summed E-state index contributed by atoms with van der Waals surface area (Å²) in [5, 5.41) is 21.5. The van der Waals surface area contributed by atoms with Crippen LogP contribution < -0.4 is 5.32 Å². The van der Waals surface area contributed by atoms with Gasteiger partial charge in [-0.2, -0.15) is 24.9 Å². The minimum absolute atomic E-state index is 0.0143. The van der Waals surface area contributed by atoms with E-state index in [1.807, 2.05) is 5.32 Å². The first kappa shape index (κ1) is 25.0. The van der Waals surface area contributed by atoms with E-state index < -0.39 is 23.6 Å². The third kappa shape index (κ3) is 4.37. The number of thioether (sulfide) groups is 1. The fourth-order valence-corrected chi connectivity index (χ4v) is 9.08. The smallest absolute Gasteiger partial charge is 0.393 e. The molecule has 4 aliphatic carbocycles. The van der Waals surface area contributed by atoms with Crippen LogP contribution in [0.4, 0.5) is 13.2 Å². The second-order valence-electron chi connectivity index (χ2n) is 10.9. The quantitative estimate of drug-likeness (QED) is 0.383. The van der Waals surface area contributed by atoms with Crippen LogP contribution in [0.1, 0.15) is 64.7 Å². The molecule has 1 amide bonds. The Morgan fingerprint density at radius 1 is 1.21 bits per heavy atom. The first-order chi connectivity index (χ1) is 15.5. The van der Waals surface area contributed by atoms with Gasteiger partial charge in [0.1, 0.15) is 5.78 Å². The predicted octanol–water partition coefficient (Wildman–Crippen LogP) is 4.37. The van der Waals surface area contributed by atoms with Gasteiger partial charge in [0, 0.05) is 24.4 Å². The van der Waals surface area contributed by atoms with Crippen molar-refractivity contribution in [3.05, 3.63) is 0 Å². The molecule has 0 aromatic rings. The summed E-state index contributed by atoms with van der Waals surface area (Å²) in [6.45, 7) is 2.33. The van der Waals surface area contributed by atoms with Crippen LogP contribution in [0, 0.1) is 39.9 Å². The van der Waals surface area contributed by atoms with Crippen LogP contribution in [0.25, 0.3) is 0 Å². The Balaban J connectivity index is 1.34. The van der Waals surface area contributed by atoms with Crippen LogP contribution in [-0.4, -0.2) is 52.8 Å². The summed E-state index contributed by atoms with van der Waals surface area (Å²) in [7, 11) is 0. The maximum absolute atomic E-state index is 12.7. The molecule has 0 heterocycles. The van der Waals surface area contributed by atoms with E-state index in [9.17, 15) is 27.9 Å². The van der Waals surface area contributed by atoms with Crippen LogP contribution in [0.5, 0.6) is 0 Å². The van der Waals surface area contributed by atoms with E-state index in [1.165, 1.54) is 6.21 Å². The van der Waals surface area contributed by atoms with Gasteiger partial charge in [-0.15, -0.1) is 0 Å². The molecule has 0 bridgehead atoms. The van der Waals surface area contributed by atoms with Gasteiger partial charge in [-0.1, -0.05) is 6.92 Å². The lowest BCUT2D eigenvalue weighted by atomic mass is 9.44. The first-order valence-corrected chi connectivity index (χ1v) is 13.3. The highest BCUT2D eigenvalue weighted by Crippen LogP contribution is 2.65. The largest absolute Gasteiger partial charge is 0.471 e. The number of ketones is 1. The maximum Gasteiger partial charge on any atom is 0.471 e. The summed E-state index contributed by atoms with van der Waals surface area (Å²) in [5.41, 5.74) is -0.571. The van der Waals surface area contributed by atoms with Crippen molar-refractivity contribution in [2.24, 2.45) is 34.5 Å². The first-order valence-electron chi connectivity index (χ1n) is 12.2. The molecular weight excluding hydrogens is 453 g/mol. The summed E-state index contributed by atoms with van der Waals surface area (Å²) in [6.07, 6.45) is 3.39. The van der Waals surface area contributed by atoms with Crippen LogP contribution in [0.2, 0.25) is 0 Å². The number of alkyl halides is 3. The molecule has 0 radical (unpaired) electrons. The highest BCUT2D eigenvalue weighted by molar-refractivity contribution is 7.99. The third-order valence-corrected chi connectivity index (χ3v) is 10.9. The highest BCUT2D eigenvalue weighted by atomic mass is 32.2. The Morgan fingerprint density at radius 2 is 1.97 bits per heavy atom. The van der Waals surface area contributed by atoms with Crippen LogP contribution >= 0.6 is 11.8 Å². The Hall–Kier alpha value is -1.09. The summed E-state index contributed by atoms with van der Waals surface area (Å²) >= 11 is 1.74. The van der Waals surface area contributed by atoms with Crippen molar-refractivity contribution in [2.75, 3.05) is 12.3 Å². The van der Waals surface area contributed by atoms with E-state index in [2.05, 4.69) is 6.92 Å². The van der Waals surface area contributed by atoms with Gasteiger partial charge in [0.2, 0.25) is 0 Å². The van der Waals surface area contributed by atoms with Gasteiger partial charge in [0.05, 0.1) is 11.5 Å². The van der Waals surface area contributed by atoms with E-state index in [4.69, 9.17) is 5.41 Å². The lowest BCUT2D eigenvalue weighted by Crippen LogP contribution is -2.58. The van der Waals surface area contributed by atoms with Gasteiger partial charge in [0.15, 0.2) is 0 Å². The lowest BCUT2D eigenvalue weighted by Gasteiger charge is -2.61. The van der Waals surface area contributed by atoms with Gasteiger partial charge >= 0.3 is 12.1 Å². The van der Waals surface area contributed by atoms with Crippen molar-refractivity contribution in [2.45, 2.75) is 82.2 Å². The maximum atomic E-state index is 12.7. The van der Waals surface area contributed by atoms with Crippen molar-refractivity contribution in [1.29, 1.82) is 5.41 Å². The molecule has 4 fully saturated rings. The normalized spacial score (nSPS) is 42.8. The predicted molar refractivity (Wildman–Crippen MR) is 121 cm³/mol. The summed E-state index contributed by atoms with van der Waals surface area (Å²) < 4.78 is 36.8. The number of nitrogens with one attached hydrogen (secondary N) is 2. The number of hydrogen-bond donors (Lipinski definition) is 3. The molecule has 0 spiro atoms. The number of aliphatic hydroxyl groups is 1. The molecule has 0 aromatic heterocycles. The summed E-state index contributed by atoms with van der Waals surface area (Å²) in [6, 6.07) is 0. The SMILES string of the molecule is C[C@]12CC[C@H](SCCCNC(=O)C(F)(F)F)CC1C(O)C[C@@H]1[C@@H]2CC[C@]2(C=N)C(=O)CC[C@@H]12. The minimum Gasteiger partial charge on any atom is -0.393 e. The molecule has 4 aliphatic rings. The summed E-state index contributed by atoms with van der Waals surface area (Å²) in [5.74, 6) is 0.161. The molecule has 2 unspecified atom stereocenters. The second kappa shape index (κ2) is 9.17. The molecule has 0 saturated heterocycles. The van der Waals surface area contributed by atoms with Gasteiger partial charge in [-0.3, -0.25) is 9.59 Å². The van der Waals surface area contributed by atoms with Crippen molar-refractivity contribution in [3.8, 4) is 0 Å². The molecule has 8 atom stereocenters. The van der Waals surface area contributed by atoms with Gasteiger partial charge in [0.25, 0.3) is 0 Å². The van der Waals surface area contributed by atoms with E-state index in [0.717, 1.165) is 38.5 Å². The number of carbonyl (C=O) groups excluding carboxylic acids is 2. The number of amides is 1. The number of rotatable bonds is 6. The Morgan fingerprint density at radius 3 is 2.67 bits per heavy atom. The number of halogens is 3. The van der Waals surface area contributed by atoms with Crippen molar-refractivity contribution in [3.63, 3.8) is 0 Å². The zero-order valence-corrected chi connectivity index (χ0v) is 19.9. The minimum atomic E-state index is -4.83. The van der Waals surface area contributed by atoms with E-state index in [0.29, 0.717) is 42.1 Å². The Labute approximate surface area is 197 Å². The third-order valence-electron chi connectivity index (χ3n) is 9.44. The average Bonchev–Trinajstić information content (AvgIpc) is 3.10.